The maximum absolute atomic E-state index is 14.0. The molecule has 0 amide bonds. The van der Waals surface area contributed by atoms with E-state index in [0.717, 1.165) is 35.7 Å². The van der Waals surface area contributed by atoms with Crippen molar-refractivity contribution in [2.45, 2.75) is 19.5 Å². The van der Waals surface area contributed by atoms with Gasteiger partial charge in [0.25, 0.3) is 0 Å². The van der Waals surface area contributed by atoms with Crippen LogP contribution in [-0.4, -0.2) is 21.3 Å². The van der Waals surface area contributed by atoms with Crippen LogP contribution in [0.3, 0.4) is 0 Å². The van der Waals surface area contributed by atoms with Crippen LogP contribution in [0.1, 0.15) is 18.8 Å². The normalized spacial score (nSPS) is 17.9. The van der Waals surface area contributed by atoms with Gasteiger partial charge in [-0.3, -0.25) is 0 Å². The van der Waals surface area contributed by atoms with Crippen LogP contribution in [-0.2, 0) is 6.54 Å². The second-order valence-corrected chi connectivity index (χ2v) is 5.35. The maximum Gasteiger partial charge on any atom is 0.164 e. The van der Waals surface area contributed by atoms with Gasteiger partial charge in [-0.1, -0.05) is 24.3 Å². The zero-order chi connectivity index (χ0) is 14.4. The Morgan fingerprint density at radius 1 is 1.14 bits per heavy atom. The Labute approximate surface area is 121 Å². The molecule has 1 N–H and O–H groups in total. The summed E-state index contributed by atoms with van der Waals surface area (Å²) in [5, 5.41) is 13.5. The molecule has 2 aromatic carbocycles. The Hall–Kier alpha value is -2.27. The first-order valence-electron chi connectivity index (χ1n) is 7.10. The molecule has 0 fully saturated rings. The molecule has 1 aliphatic rings. The second kappa shape index (κ2) is 4.63. The van der Waals surface area contributed by atoms with Crippen molar-refractivity contribution in [3.8, 4) is 11.4 Å². The zero-order valence-electron chi connectivity index (χ0n) is 11.7. The molecule has 0 saturated heterocycles. The average molecular weight is 282 g/mol. The summed E-state index contributed by atoms with van der Waals surface area (Å²) < 4.78 is 16.1. The lowest BCUT2D eigenvalue weighted by Crippen LogP contribution is -2.32. The van der Waals surface area contributed by atoms with Gasteiger partial charge in [0.1, 0.15) is 11.6 Å². The van der Waals surface area contributed by atoms with Crippen molar-refractivity contribution in [2.24, 2.45) is 0 Å². The van der Waals surface area contributed by atoms with E-state index in [1.54, 1.807) is 12.1 Å². The van der Waals surface area contributed by atoms with E-state index < -0.39 is 0 Å². The van der Waals surface area contributed by atoms with Gasteiger partial charge in [-0.05, 0) is 24.4 Å². The van der Waals surface area contributed by atoms with Crippen LogP contribution in [0.25, 0.3) is 22.2 Å². The Balaban J connectivity index is 1.98. The molecule has 0 radical (unpaired) electrons. The van der Waals surface area contributed by atoms with Gasteiger partial charge in [0, 0.05) is 24.0 Å². The molecule has 0 aliphatic carbocycles. The first-order valence-corrected chi connectivity index (χ1v) is 7.10. The van der Waals surface area contributed by atoms with E-state index in [0.29, 0.717) is 5.39 Å². The number of hydrogen-bond acceptors (Lipinski definition) is 3. The Kier molecular flexibility index (Phi) is 2.75. The topological polar surface area (TPSA) is 42.7 Å². The molecule has 0 spiro atoms. The van der Waals surface area contributed by atoms with Crippen LogP contribution >= 0.6 is 0 Å². The van der Waals surface area contributed by atoms with Crippen LogP contribution in [0.4, 0.5) is 4.39 Å². The minimum Gasteiger partial charge on any atom is -0.308 e. The molecule has 1 unspecified atom stereocenters. The van der Waals surface area contributed by atoms with Gasteiger partial charge in [0.15, 0.2) is 5.82 Å². The number of nitrogens with zero attached hydrogens (tertiary/aromatic N) is 3. The molecule has 2 heterocycles. The summed E-state index contributed by atoms with van der Waals surface area (Å²) in [5.41, 5.74) is 0.930. The minimum atomic E-state index is -0.206. The van der Waals surface area contributed by atoms with E-state index in [1.165, 1.54) is 6.07 Å². The lowest BCUT2D eigenvalue weighted by atomic mass is 10.0. The summed E-state index contributed by atoms with van der Waals surface area (Å²) in [4.78, 5) is 0. The molecule has 3 aromatic rings. The molecule has 106 valence electrons. The van der Waals surface area contributed by atoms with Gasteiger partial charge in [-0.15, -0.1) is 10.2 Å². The van der Waals surface area contributed by atoms with Gasteiger partial charge in [-0.25, -0.2) is 4.39 Å². The zero-order valence-corrected chi connectivity index (χ0v) is 11.7. The molecule has 1 aromatic heterocycles. The SMILES string of the molecule is CC1NCCn2c(-c3ccc(F)c4ccccc34)nnc21. The van der Waals surface area contributed by atoms with Gasteiger partial charge in [0.05, 0.1) is 6.04 Å². The van der Waals surface area contributed by atoms with Crippen LogP contribution in [0.15, 0.2) is 36.4 Å². The van der Waals surface area contributed by atoms with E-state index in [-0.39, 0.29) is 11.9 Å². The van der Waals surface area contributed by atoms with Gasteiger partial charge < -0.3 is 9.88 Å². The molecule has 4 rings (SSSR count). The van der Waals surface area contributed by atoms with Gasteiger partial charge in [-0.2, -0.15) is 0 Å². The fourth-order valence-electron chi connectivity index (χ4n) is 3.00. The standard InChI is InChI=1S/C16H15FN4/c1-10-15-19-20-16(21(15)9-8-18-10)13-6-7-14(17)12-5-3-2-4-11(12)13/h2-7,10,18H,8-9H2,1H3. The van der Waals surface area contributed by atoms with Crippen LogP contribution in [0, 0.1) is 5.82 Å². The fraction of sp³-hybridized carbons (Fsp3) is 0.250. The highest BCUT2D eigenvalue weighted by atomic mass is 19.1. The number of benzene rings is 2. The molecule has 21 heavy (non-hydrogen) atoms. The van der Waals surface area contributed by atoms with E-state index in [9.17, 15) is 4.39 Å². The average Bonchev–Trinajstić information content (AvgIpc) is 2.93. The quantitative estimate of drug-likeness (QED) is 0.746. The number of hydrogen-bond donors (Lipinski definition) is 1. The lowest BCUT2D eigenvalue weighted by molar-refractivity contribution is 0.439. The summed E-state index contributed by atoms with van der Waals surface area (Å²) in [7, 11) is 0. The number of halogens is 1. The first-order chi connectivity index (χ1) is 10.3. The van der Waals surface area contributed by atoms with Gasteiger partial charge >= 0.3 is 0 Å². The first kappa shape index (κ1) is 12.5. The molecular formula is C16H15FN4. The minimum absolute atomic E-state index is 0.187. The Morgan fingerprint density at radius 3 is 2.81 bits per heavy atom. The summed E-state index contributed by atoms with van der Waals surface area (Å²) in [6.45, 7) is 3.79. The predicted octanol–water partition coefficient (Wildman–Crippen LogP) is 2.90. The van der Waals surface area contributed by atoms with Crippen molar-refractivity contribution in [1.29, 1.82) is 0 Å². The Morgan fingerprint density at radius 2 is 1.95 bits per heavy atom. The van der Waals surface area contributed by atoms with Crippen LogP contribution in [0.5, 0.6) is 0 Å². The van der Waals surface area contributed by atoms with Crippen molar-refractivity contribution in [3.05, 3.63) is 48.0 Å². The Bertz CT molecular complexity index is 824. The predicted molar refractivity (Wildman–Crippen MR) is 79.3 cm³/mol. The second-order valence-electron chi connectivity index (χ2n) is 5.35. The molecular weight excluding hydrogens is 267 g/mol. The van der Waals surface area contributed by atoms with E-state index >= 15 is 0 Å². The third kappa shape index (κ3) is 1.85. The van der Waals surface area contributed by atoms with Crippen molar-refractivity contribution < 1.29 is 4.39 Å². The summed E-state index contributed by atoms with van der Waals surface area (Å²) >= 11 is 0. The largest absolute Gasteiger partial charge is 0.308 e. The van der Waals surface area contributed by atoms with E-state index in [4.69, 9.17) is 0 Å². The molecule has 1 atom stereocenters. The lowest BCUT2D eigenvalue weighted by Gasteiger charge is -2.22. The molecule has 1 aliphatic heterocycles. The highest BCUT2D eigenvalue weighted by Gasteiger charge is 2.23. The smallest absolute Gasteiger partial charge is 0.164 e. The van der Waals surface area contributed by atoms with Crippen LogP contribution in [0.2, 0.25) is 0 Å². The maximum atomic E-state index is 14.0. The van der Waals surface area contributed by atoms with Crippen molar-refractivity contribution in [3.63, 3.8) is 0 Å². The third-order valence-corrected chi connectivity index (χ3v) is 4.06. The van der Waals surface area contributed by atoms with E-state index in [2.05, 4.69) is 27.0 Å². The third-order valence-electron chi connectivity index (χ3n) is 4.06. The van der Waals surface area contributed by atoms with Crippen LogP contribution < -0.4 is 5.32 Å². The van der Waals surface area contributed by atoms with Crippen molar-refractivity contribution >= 4 is 10.8 Å². The summed E-state index contributed by atoms with van der Waals surface area (Å²) in [5.74, 6) is 1.54. The monoisotopic (exact) mass is 282 g/mol. The molecule has 0 saturated carbocycles. The number of nitrogens with one attached hydrogen (secondary N) is 1. The molecule has 4 nitrogen and oxygen atoms in total. The summed E-state index contributed by atoms with van der Waals surface area (Å²) in [6, 6.07) is 11.0. The highest BCUT2D eigenvalue weighted by Crippen LogP contribution is 2.31. The van der Waals surface area contributed by atoms with Crippen molar-refractivity contribution in [2.75, 3.05) is 6.54 Å². The number of fused-ring (bicyclic) bond motifs is 2. The van der Waals surface area contributed by atoms with Crippen molar-refractivity contribution in [1.82, 2.24) is 20.1 Å². The highest BCUT2D eigenvalue weighted by molar-refractivity contribution is 5.95. The summed E-state index contributed by atoms with van der Waals surface area (Å²) in [6.07, 6.45) is 0. The van der Waals surface area contributed by atoms with E-state index in [1.807, 2.05) is 18.2 Å². The molecule has 0 bridgehead atoms. The fourth-order valence-corrected chi connectivity index (χ4v) is 3.00. The van der Waals surface area contributed by atoms with Gasteiger partial charge in [0.2, 0.25) is 0 Å². The molecule has 5 heteroatoms. The number of aromatic nitrogens is 3. The number of rotatable bonds is 1.